The first-order valence-electron chi connectivity index (χ1n) is 7.92. The van der Waals surface area contributed by atoms with E-state index in [1.54, 1.807) is 19.2 Å². The minimum Gasteiger partial charge on any atom is -0.305 e. The number of likely N-dealkylation sites (tertiary alicyclic amines) is 1. The summed E-state index contributed by atoms with van der Waals surface area (Å²) in [7, 11) is 0.164. The van der Waals surface area contributed by atoms with Crippen molar-refractivity contribution in [3.63, 3.8) is 0 Å². The number of hydrogen-bond donors (Lipinski definition) is 0. The lowest BCUT2D eigenvalue weighted by Gasteiger charge is -2.35. The molecule has 1 fully saturated rings. The highest BCUT2D eigenvalue weighted by Gasteiger charge is 2.31. The minimum absolute atomic E-state index is 0.0128. The van der Waals surface area contributed by atoms with Crippen LogP contribution in [0.4, 0.5) is 0 Å². The van der Waals surface area contributed by atoms with Crippen LogP contribution in [0.25, 0.3) is 10.9 Å². The summed E-state index contributed by atoms with van der Waals surface area (Å²) >= 11 is 0. The standard InChI is InChI=1S/C17H23N3O2S/c1-13-9-10-14-6-4-8-16(17(14)18-13)23(21,22)20(3)15-7-5-11-19(2)12-15/h4,6,8-10,15H,5,7,11-12H2,1-3H3/t15-/m0/s1. The third kappa shape index (κ3) is 3.11. The zero-order chi connectivity index (χ0) is 16.6. The topological polar surface area (TPSA) is 53.5 Å². The van der Waals surface area contributed by atoms with E-state index in [4.69, 9.17) is 0 Å². The van der Waals surface area contributed by atoms with E-state index in [0.717, 1.165) is 37.0 Å². The van der Waals surface area contributed by atoms with Crippen LogP contribution in [0, 0.1) is 6.92 Å². The van der Waals surface area contributed by atoms with E-state index in [1.165, 1.54) is 4.31 Å². The average Bonchev–Trinajstić information content (AvgIpc) is 2.53. The molecule has 0 bridgehead atoms. The molecule has 1 aliphatic heterocycles. The Labute approximate surface area is 138 Å². The molecular weight excluding hydrogens is 310 g/mol. The first-order chi connectivity index (χ1) is 10.9. The lowest BCUT2D eigenvalue weighted by atomic mass is 10.1. The van der Waals surface area contributed by atoms with E-state index < -0.39 is 10.0 Å². The molecule has 0 N–H and O–H groups in total. The van der Waals surface area contributed by atoms with Gasteiger partial charge in [0.1, 0.15) is 4.90 Å². The van der Waals surface area contributed by atoms with Gasteiger partial charge in [-0.25, -0.2) is 8.42 Å². The van der Waals surface area contributed by atoms with Crippen molar-refractivity contribution in [2.45, 2.75) is 30.7 Å². The van der Waals surface area contributed by atoms with Crippen LogP contribution in [0.5, 0.6) is 0 Å². The molecule has 0 saturated carbocycles. The first kappa shape index (κ1) is 16.4. The Bertz CT molecular complexity index is 820. The van der Waals surface area contributed by atoms with Crippen molar-refractivity contribution in [2.75, 3.05) is 27.2 Å². The Morgan fingerprint density at radius 1 is 1.26 bits per heavy atom. The Morgan fingerprint density at radius 2 is 2.04 bits per heavy atom. The number of rotatable bonds is 3. The third-order valence-electron chi connectivity index (χ3n) is 4.59. The summed E-state index contributed by atoms with van der Waals surface area (Å²) in [5, 5.41) is 0.853. The highest BCUT2D eigenvalue weighted by molar-refractivity contribution is 7.89. The number of fused-ring (bicyclic) bond motifs is 1. The van der Waals surface area contributed by atoms with Crippen molar-refractivity contribution < 1.29 is 8.42 Å². The Balaban J connectivity index is 2.04. The van der Waals surface area contributed by atoms with Crippen LogP contribution in [-0.2, 0) is 10.0 Å². The molecule has 5 nitrogen and oxygen atoms in total. The smallest absolute Gasteiger partial charge is 0.245 e. The van der Waals surface area contributed by atoms with Crippen LogP contribution in [0.2, 0.25) is 0 Å². The van der Waals surface area contributed by atoms with Crippen molar-refractivity contribution in [1.82, 2.24) is 14.2 Å². The largest absolute Gasteiger partial charge is 0.305 e. The number of nitrogens with zero attached hydrogens (tertiary/aromatic N) is 3. The summed E-state index contributed by atoms with van der Waals surface area (Å²) in [6.07, 6.45) is 1.92. The average molecular weight is 333 g/mol. The van der Waals surface area contributed by atoms with Crippen molar-refractivity contribution in [1.29, 1.82) is 0 Å². The van der Waals surface area contributed by atoms with Crippen molar-refractivity contribution in [2.24, 2.45) is 0 Å². The predicted molar refractivity (Wildman–Crippen MR) is 91.9 cm³/mol. The lowest BCUT2D eigenvalue weighted by molar-refractivity contribution is 0.187. The number of para-hydroxylation sites is 1. The maximum absolute atomic E-state index is 13.1. The number of aromatic nitrogens is 1. The van der Waals surface area contributed by atoms with Crippen molar-refractivity contribution >= 4 is 20.9 Å². The SMILES string of the molecule is Cc1ccc2cccc(S(=O)(=O)N(C)[C@H]3CCCN(C)C3)c2n1. The van der Waals surface area contributed by atoms with E-state index in [9.17, 15) is 8.42 Å². The molecule has 124 valence electrons. The number of likely N-dealkylation sites (N-methyl/N-ethyl adjacent to an activating group) is 2. The number of pyridine rings is 1. The van der Waals surface area contributed by atoms with Crippen LogP contribution in [0.1, 0.15) is 18.5 Å². The Hall–Kier alpha value is -1.50. The van der Waals surface area contributed by atoms with Gasteiger partial charge in [0.25, 0.3) is 0 Å². The van der Waals surface area contributed by atoms with Gasteiger partial charge in [-0.1, -0.05) is 18.2 Å². The molecule has 6 heteroatoms. The van der Waals surface area contributed by atoms with Gasteiger partial charge in [-0.3, -0.25) is 4.98 Å². The molecule has 1 aliphatic rings. The molecule has 0 radical (unpaired) electrons. The summed E-state index contributed by atoms with van der Waals surface area (Å²) in [4.78, 5) is 6.95. The van der Waals surface area contributed by atoms with E-state index >= 15 is 0 Å². The van der Waals surface area contributed by atoms with Gasteiger partial charge in [-0.05, 0) is 45.5 Å². The molecule has 0 amide bonds. The monoisotopic (exact) mass is 333 g/mol. The van der Waals surface area contributed by atoms with Crippen molar-refractivity contribution in [3.05, 3.63) is 36.0 Å². The second kappa shape index (κ2) is 6.19. The number of benzene rings is 1. The zero-order valence-corrected chi connectivity index (χ0v) is 14.7. The van der Waals surface area contributed by atoms with Gasteiger partial charge < -0.3 is 4.90 Å². The number of hydrogen-bond acceptors (Lipinski definition) is 4. The third-order valence-corrected chi connectivity index (χ3v) is 6.53. The number of sulfonamides is 1. The zero-order valence-electron chi connectivity index (χ0n) is 13.9. The van der Waals surface area contributed by atoms with Gasteiger partial charge in [0.2, 0.25) is 10.0 Å². The number of aryl methyl sites for hydroxylation is 1. The first-order valence-corrected chi connectivity index (χ1v) is 9.36. The maximum atomic E-state index is 13.1. The normalized spacial score (nSPS) is 20.3. The fraction of sp³-hybridized carbons (Fsp3) is 0.471. The van der Waals surface area contributed by atoms with E-state index in [1.807, 2.05) is 32.2 Å². The minimum atomic E-state index is -3.56. The molecule has 1 atom stereocenters. The fourth-order valence-corrected chi connectivity index (χ4v) is 4.75. The molecule has 0 unspecified atom stereocenters. The molecule has 2 aromatic rings. The Morgan fingerprint density at radius 3 is 2.78 bits per heavy atom. The summed E-state index contributed by atoms with van der Waals surface area (Å²) < 4.78 is 27.8. The van der Waals surface area contributed by atoms with Gasteiger partial charge in [0, 0.05) is 30.7 Å². The Kier molecular flexibility index (Phi) is 4.40. The molecular formula is C17H23N3O2S. The lowest BCUT2D eigenvalue weighted by Crippen LogP contribution is -2.47. The van der Waals surface area contributed by atoms with E-state index in [-0.39, 0.29) is 6.04 Å². The molecule has 23 heavy (non-hydrogen) atoms. The predicted octanol–water partition coefficient (Wildman–Crippen LogP) is 2.26. The molecule has 1 saturated heterocycles. The molecule has 2 heterocycles. The van der Waals surface area contributed by atoms with Gasteiger partial charge >= 0.3 is 0 Å². The maximum Gasteiger partial charge on any atom is 0.245 e. The number of piperidine rings is 1. The van der Waals surface area contributed by atoms with Gasteiger partial charge in [-0.2, -0.15) is 4.31 Å². The molecule has 1 aromatic carbocycles. The van der Waals surface area contributed by atoms with E-state index in [2.05, 4.69) is 9.88 Å². The van der Waals surface area contributed by atoms with Gasteiger partial charge in [0.15, 0.2) is 0 Å². The van der Waals surface area contributed by atoms with Crippen LogP contribution in [0.3, 0.4) is 0 Å². The highest BCUT2D eigenvalue weighted by atomic mass is 32.2. The van der Waals surface area contributed by atoms with Crippen LogP contribution in [0.15, 0.2) is 35.2 Å². The summed E-state index contributed by atoms with van der Waals surface area (Å²) in [5.41, 5.74) is 1.38. The molecule has 3 rings (SSSR count). The van der Waals surface area contributed by atoms with Crippen LogP contribution < -0.4 is 0 Å². The molecule has 1 aromatic heterocycles. The van der Waals surface area contributed by atoms with Gasteiger partial charge in [-0.15, -0.1) is 0 Å². The fourth-order valence-electron chi connectivity index (χ4n) is 3.21. The summed E-state index contributed by atoms with van der Waals surface area (Å²) in [5.74, 6) is 0. The second-order valence-electron chi connectivity index (χ2n) is 6.36. The van der Waals surface area contributed by atoms with Crippen LogP contribution in [-0.4, -0.2) is 55.8 Å². The van der Waals surface area contributed by atoms with E-state index in [0.29, 0.717) is 10.4 Å². The highest BCUT2D eigenvalue weighted by Crippen LogP contribution is 2.27. The summed E-state index contributed by atoms with van der Waals surface area (Å²) in [6, 6.07) is 9.18. The summed E-state index contributed by atoms with van der Waals surface area (Å²) in [6.45, 7) is 3.68. The van der Waals surface area contributed by atoms with Gasteiger partial charge in [0.05, 0.1) is 5.52 Å². The second-order valence-corrected chi connectivity index (χ2v) is 8.33. The van der Waals surface area contributed by atoms with Crippen LogP contribution >= 0.6 is 0 Å². The quantitative estimate of drug-likeness (QED) is 0.864. The molecule has 0 aliphatic carbocycles. The van der Waals surface area contributed by atoms with Crippen molar-refractivity contribution in [3.8, 4) is 0 Å². The molecule has 0 spiro atoms.